The molecule has 0 amide bonds. The zero-order chi connectivity index (χ0) is 19.9. The Kier molecular flexibility index (Phi) is 11.9. The molecule has 0 fully saturated rings. The topological polar surface area (TPSA) is 44.5 Å². The molecular formula is C24H34INO2. The molecule has 0 aliphatic rings. The second kappa shape index (κ2) is 14.6. The Morgan fingerprint density at radius 3 is 1.32 bits per heavy atom. The van der Waals surface area contributed by atoms with Gasteiger partial charge in [0, 0.05) is 9.26 Å². The molecule has 0 aromatic heterocycles. The summed E-state index contributed by atoms with van der Waals surface area (Å²) in [6.45, 7) is 1.63. The quantitative estimate of drug-likeness (QED) is 0.161. The molecule has 0 radical (unpaired) electrons. The number of rotatable bonds is 15. The fraction of sp³-hybridized carbons (Fsp3) is 0.500. The third-order valence-electron chi connectivity index (χ3n) is 4.77. The molecule has 28 heavy (non-hydrogen) atoms. The molecule has 2 aromatic carbocycles. The van der Waals surface area contributed by atoms with E-state index in [0.717, 1.165) is 43.2 Å². The van der Waals surface area contributed by atoms with Gasteiger partial charge in [-0.2, -0.15) is 0 Å². The molecular weight excluding hydrogens is 461 g/mol. The summed E-state index contributed by atoms with van der Waals surface area (Å²) in [5, 5.41) is 0. The third-order valence-corrected chi connectivity index (χ3v) is 5.49. The van der Waals surface area contributed by atoms with Crippen LogP contribution in [0.3, 0.4) is 0 Å². The van der Waals surface area contributed by atoms with E-state index in [1.165, 1.54) is 54.9 Å². The van der Waals surface area contributed by atoms with Crippen molar-refractivity contribution in [2.45, 2.75) is 64.2 Å². The first kappa shape index (κ1) is 22.9. The SMILES string of the molecule is Nc1ccc(OCCCCCCCCCCCCOc2ccc(I)cc2)cc1. The summed E-state index contributed by atoms with van der Waals surface area (Å²) in [5.41, 5.74) is 6.45. The van der Waals surface area contributed by atoms with Crippen LogP contribution in [0.5, 0.6) is 11.5 Å². The average molecular weight is 495 g/mol. The van der Waals surface area contributed by atoms with Gasteiger partial charge in [0.1, 0.15) is 11.5 Å². The van der Waals surface area contributed by atoms with Gasteiger partial charge < -0.3 is 15.2 Å². The normalized spacial score (nSPS) is 10.8. The lowest BCUT2D eigenvalue weighted by Gasteiger charge is -2.07. The van der Waals surface area contributed by atoms with Gasteiger partial charge in [-0.15, -0.1) is 0 Å². The fourth-order valence-corrected chi connectivity index (χ4v) is 3.45. The van der Waals surface area contributed by atoms with Crippen molar-refractivity contribution < 1.29 is 9.47 Å². The van der Waals surface area contributed by atoms with Gasteiger partial charge in [-0.3, -0.25) is 0 Å². The van der Waals surface area contributed by atoms with E-state index in [1.54, 1.807) is 0 Å². The Balaban J connectivity index is 1.30. The lowest BCUT2D eigenvalue weighted by atomic mass is 10.1. The lowest BCUT2D eigenvalue weighted by Crippen LogP contribution is -1.97. The van der Waals surface area contributed by atoms with Crippen LogP contribution in [0.25, 0.3) is 0 Å². The molecule has 2 rings (SSSR count). The molecule has 2 N–H and O–H groups in total. The van der Waals surface area contributed by atoms with E-state index >= 15 is 0 Å². The van der Waals surface area contributed by atoms with E-state index < -0.39 is 0 Å². The number of hydrogen-bond acceptors (Lipinski definition) is 3. The second-order valence-corrected chi connectivity index (χ2v) is 8.50. The number of unbranched alkanes of at least 4 members (excludes halogenated alkanes) is 9. The van der Waals surface area contributed by atoms with Gasteiger partial charge in [0.15, 0.2) is 0 Å². The zero-order valence-electron chi connectivity index (χ0n) is 16.9. The van der Waals surface area contributed by atoms with Gasteiger partial charge in [0.05, 0.1) is 13.2 Å². The van der Waals surface area contributed by atoms with E-state index in [9.17, 15) is 0 Å². The predicted molar refractivity (Wildman–Crippen MR) is 127 cm³/mol. The molecule has 3 nitrogen and oxygen atoms in total. The Morgan fingerprint density at radius 1 is 0.536 bits per heavy atom. The molecule has 0 unspecified atom stereocenters. The second-order valence-electron chi connectivity index (χ2n) is 7.26. The van der Waals surface area contributed by atoms with E-state index in [-0.39, 0.29) is 0 Å². The highest BCUT2D eigenvalue weighted by atomic mass is 127. The number of nitrogen functional groups attached to an aromatic ring is 1. The van der Waals surface area contributed by atoms with Crippen LogP contribution in [0.1, 0.15) is 64.2 Å². The van der Waals surface area contributed by atoms with Crippen molar-refractivity contribution in [2.75, 3.05) is 18.9 Å². The Labute approximate surface area is 184 Å². The minimum Gasteiger partial charge on any atom is -0.494 e. The van der Waals surface area contributed by atoms with Crippen molar-refractivity contribution in [2.24, 2.45) is 0 Å². The maximum absolute atomic E-state index is 5.77. The Bertz CT molecular complexity index is 571. The molecule has 0 aliphatic carbocycles. The van der Waals surface area contributed by atoms with E-state index in [0.29, 0.717) is 0 Å². The molecule has 154 valence electrons. The first-order valence-corrected chi connectivity index (χ1v) is 11.7. The number of ether oxygens (including phenoxy) is 2. The van der Waals surface area contributed by atoms with Gasteiger partial charge in [-0.1, -0.05) is 51.4 Å². The third kappa shape index (κ3) is 10.8. The molecule has 0 bridgehead atoms. The smallest absolute Gasteiger partial charge is 0.119 e. The van der Waals surface area contributed by atoms with Gasteiger partial charge in [0.25, 0.3) is 0 Å². The first-order chi connectivity index (χ1) is 13.7. The van der Waals surface area contributed by atoms with Crippen LogP contribution in [0.4, 0.5) is 5.69 Å². The molecule has 0 saturated heterocycles. The molecule has 4 heteroatoms. The van der Waals surface area contributed by atoms with Crippen LogP contribution in [-0.2, 0) is 0 Å². The number of nitrogens with two attached hydrogens (primary N) is 1. The Morgan fingerprint density at radius 2 is 0.893 bits per heavy atom. The summed E-state index contributed by atoms with van der Waals surface area (Å²) < 4.78 is 12.7. The van der Waals surface area contributed by atoms with Crippen LogP contribution >= 0.6 is 22.6 Å². The largest absolute Gasteiger partial charge is 0.494 e. The van der Waals surface area contributed by atoms with Crippen LogP contribution in [0, 0.1) is 3.57 Å². The monoisotopic (exact) mass is 495 g/mol. The summed E-state index contributed by atoms with van der Waals surface area (Å²) in [7, 11) is 0. The standard InChI is InChI=1S/C24H34INO2/c25-21-11-15-23(16-12-21)27-19-9-7-5-3-1-2-4-6-8-10-20-28-24-17-13-22(26)14-18-24/h11-18H,1-10,19-20,26H2. The average Bonchev–Trinajstić information content (AvgIpc) is 2.71. The molecule has 0 saturated carbocycles. The van der Waals surface area contributed by atoms with Gasteiger partial charge in [0.2, 0.25) is 0 Å². The molecule has 0 atom stereocenters. The summed E-state index contributed by atoms with van der Waals surface area (Å²) in [6, 6.07) is 15.9. The van der Waals surface area contributed by atoms with Crippen molar-refractivity contribution in [3.05, 3.63) is 52.1 Å². The van der Waals surface area contributed by atoms with Crippen molar-refractivity contribution >= 4 is 28.3 Å². The minimum atomic E-state index is 0.780. The van der Waals surface area contributed by atoms with Crippen LogP contribution in [0.15, 0.2) is 48.5 Å². The van der Waals surface area contributed by atoms with E-state index in [1.807, 2.05) is 36.4 Å². The van der Waals surface area contributed by atoms with Gasteiger partial charge in [-0.05, 0) is 84.0 Å². The first-order valence-electron chi connectivity index (χ1n) is 10.6. The van der Waals surface area contributed by atoms with Crippen LogP contribution < -0.4 is 15.2 Å². The molecule has 0 spiro atoms. The number of halogens is 1. The highest BCUT2D eigenvalue weighted by Gasteiger charge is 1.97. The van der Waals surface area contributed by atoms with E-state index in [2.05, 4.69) is 34.7 Å². The van der Waals surface area contributed by atoms with Crippen LogP contribution in [-0.4, -0.2) is 13.2 Å². The molecule has 0 aliphatic heterocycles. The lowest BCUT2D eigenvalue weighted by molar-refractivity contribution is 0.303. The van der Waals surface area contributed by atoms with Crippen molar-refractivity contribution in [1.82, 2.24) is 0 Å². The van der Waals surface area contributed by atoms with Crippen LogP contribution in [0.2, 0.25) is 0 Å². The number of hydrogen-bond donors (Lipinski definition) is 1. The highest BCUT2D eigenvalue weighted by Crippen LogP contribution is 2.16. The summed E-state index contributed by atoms with van der Waals surface area (Å²) in [6.07, 6.45) is 12.9. The summed E-state index contributed by atoms with van der Waals surface area (Å²) >= 11 is 2.31. The fourth-order valence-electron chi connectivity index (χ4n) is 3.09. The molecule has 0 heterocycles. The minimum absolute atomic E-state index is 0.780. The van der Waals surface area contributed by atoms with Crippen molar-refractivity contribution in [1.29, 1.82) is 0 Å². The zero-order valence-corrected chi connectivity index (χ0v) is 19.0. The van der Waals surface area contributed by atoms with Gasteiger partial charge in [-0.25, -0.2) is 0 Å². The van der Waals surface area contributed by atoms with E-state index in [4.69, 9.17) is 15.2 Å². The number of benzene rings is 2. The maximum Gasteiger partial charge on any atom is 0.119 e. The maximum atomic E-state index is 5.77. The van der Waals surface area contributed by atoms with Crippen molar-refractivity contribution in [3.63, 3.8) is 0 Å². The van der Waals surface area contributed by atoms with Gasteiger partial charge >= 0.3 is 0 Å². The van der Waals surface area contributed by atoms with Crippen molar-refractivity contribution in [3.8, 4) is 11.5 Å². The summed E-state index contributed by atoms with van der Waals surface area (Å²) in [4.78, 5) is 0. The highest BCUT2D eigenvalue weighted by molar-refractivity contribution is 14.1. The number of anilines is 1. The summed E-state index contributed by atoms with van der Waals surface area (Å²) in [5.74, 6) is 1.90. The Hall–Kier alpha value is -1.43. The predicted octanol–water partition coefficient (Wildman–Crippen LogP) is 7.23. The molecule has 2 aromatic rings.